The predicted octanol–water partition coefficient (Wildman–Crippen LogP) is 3.38. The third-order valence-corrected chi connectivity index (χ3v) is 3.60. The number of halogens is 1. The first-order valence-corrected chi connectivity index (χ1v) is 7.76. The van der Waals surface area contributed by atoms with E-state index in [0.717, 1.165) is 15.6 Å². The Morgan fingerprint density at radius 2 is 2.09 bits per heavy atom. The van der Waals surface area contributed by atoms with Gasteiger partial charge in [0, 0.05) is 10.0 Å². The largest absolute Gasteiger partial charge is 0.508 e. The molecule has 0 spiro atoms. The standard InChI is InChI=1S/C17H17BrN2O3/c1-11-8-14(18)6-7-16(11)23-10-17(22)20-19-12(2)13-4-3-5-15(21)9-13/h3-9,21H,10H2,1-2H3,(H,20,22)/b19-12-. The van der Waals surface area contributed by atoms with E-state index in [2.05, 4.69) is 26.5 Å². The number of hydrazone groups is 1. The van der Waals surface area contributed by atoms with Gasteiger partial charge in [-0.1, -0.05) is 28.1 Å². The van der Waals surface area contributed by atoms with E-state index in [0.29, 0.717) is 11.5 Å². The van der Waals surface area contributed by atoms with E-state index in [9.17, 15) is 9.90 Å². The molecule has 0 aliphatic rings. The fourth-order valence-corrected chi connectivity index (χ4v) is 2.37. The van der Waals surface area contributed by atoms with Gasteiger partial charge in [-0.2, -0.15) is 5.10 Å². The number of amides is 1. The fourth-order valence-electron chi connectivity index (χ4n) is 1.89. The zero-order valence-corrected chi connectivity index (χ0v) is 14.4. The van der Waals surface area contributed by atoms with Gasteiger partial charge in [-0.3, -0.25) is 4.79 Å². The molecule has 0 radical (unpaired) electrons. The van der Waals surface area contributed by atoms with Crippen molar-refractivity contribution in [2.24, 2.45) is 5.10 Å². The van der Waals surface area contributed by atoms with Gasteiger partial charge in [0.1, 0.15) is 11.5 Å². The molecular formula is C17H17BrN2O3. The van der Waals surface area contributed by atoms with Crippen molar-refractivity contribution < 1.29 is 14.6 Å². The highest BCUT2D eigenvalue weighted by Crippen LogP contribution is 2.21. The Balaban J connectivity index is 1.90. The minimum atomic E-state index is -0.355. The van der Waals surface area contributed by atoms with E-state index in [1.165, 1.54) is 0 Å². The predicted molar refractivity (Wildman–Crippen MR) is 92.8 cm³/mol. The van der Waals surface area contributed by atoms with Crippen molar-refractivity contribution >= 4 is 27.5 Å². The first-order valence-electron chi connectivity index (χ1n) is 6.97. The van der Waals surface area contributed by atoms with Crippen LogP contribution in [-0.4, -0.2) is 23.3 Å². The van der Waals surface area contributed by atoms with E-state index < -0.39 is 0 Å². The van der Waals surface area contributed by atoms with Crippen molar-refractivity contribution in [3.8, 4) is 11.5 Å². The van der Waals surface area contributed by atoms with Crippen LogP contribution >= 0.6 is 15.9 Å². The Morgan fingerprint density at radius 1 is 1.30 bits per heavy atom. The monoisotopic (exact) mass is 376 g/mol. The Kier molecular flexibility index (Phi) is 5.76. The summed E-state index contributed by atoms with van der Waals surface area (Å²) >= 11 is 3.37. The van der Waals surface area contributed by atoms with Crippen LogP contribution in [0.4, 0.5) is 0 Å². The van der Waals surface area contributed by atoms with Crippen molar-refractivity contribution in [1.29, 1.82) is 0 Å². The molecule has 6 heteroatoms. The second-order valence-electron chi connectivity index (χ2n) is 4.98. The van der Waals surface area contributed by atoms with Crippen LogP contribution in [0.25, 0.3) is 0 Å². The number of nitrogens with one attached hydrogen (secondary N) is 1. The highest BCUT2D eigenvalue weighted by molar-refractivity contribution is 9.10. The highest BCUT2D eigenvalue weighted by Gasteiger charge is 2.05. The van der Waals surface area contributed by atoms with Gasteiger partial charge >= 0.3 is 0 Å². The topological polar surface area (TPSA) is 70.9 Å². The number of phenolic OH excluding ortho intramolecular Hbond substituents is 1. The van der Waals surface area contributed by atoms with E-state index in [1.54, 1.807) is 37.3 Å². The van der Waals surface area contributed by atoms with Gasteiger partial charge in [0.2, 0.25) is 0 Å². The summed E-state index contributed by atoms with van der Waals surface area (Å²) in [5.41, 5.74) is 4.69. The minimum Gasteiger partial charge on any atom is -0.508 e. The summed E-state index contributed by atoms with van der Waals surface area (Å²) in [5.74, 6) is 0.446. The van der Waals surface area contributed by atoms with E-state index in [4.69, 9.17) is 4.74 Å². The number of hydrogen-bond acceptors (Lipinski definition) is 4. The first-order chi connectivity index (χ1) is 11.0. The number of ether oxygens (including phenoxy) is 1. The van der Waals surface area contributed by atoms with Crippen LogP contribution in [0, 0.1) is 6.92 Å². The maximum atomic E-state index is 11.8. The van der Waals surface area contributed by atoms with Gasteiger partial charge < -0.3 is 9.84 Å². The van der Waals surface area contributed by atoms with E-state index in [1.807, 2.05) is 19.1 Å². The van der Waals surface area contributed by atoms with Gasteiger partial charge in [0.15, 0.2) is 6.61 Å². The molecule has 0 aliphatic carbocycles. The number of carbonyl (C=O) groups is 1. The van der Waals surface area contributed by atoms with Crippen LogP contribution in [-0.2, 0) is 4.79 Å². The molecule has 0 aliphatic heterocycles. The highest BCUT2D eigenvalue weighted by atomic mass is 79.9. The molecule has 0 atom stereocenters. The van der Waals surface area contributed by atoms with E-state index >= 15 is 0 Å². The molecule has 2 aromatic carbocycles. The average molecular weight is 377 g/mol. The van der Waals surface area contributed by atoms with Crippen LogP contribution in [0.1, 0.15) is 18.1 Å². The van der Waals surface area contributed by atoms with Crippen LogP contribution < -0.4 is 10.2 Å². The first kappa shape index (κ1) is 17.0. The molecule has 120 valence electrons. The average Bonchev–Trinajstić information content (AvgIpc) is 2.51. The summed E-state index contributed by atoms with van der Waals surface area (Å²) in [5, 5.41) is 13.4. The molecular weight excluding hydrogens is 360 g/mol. The Bertz CT molecular complexity index is 744. The molecule has 23 heavy (non-hydrogen) atoms. The zero-order valence-electron chi connectivity index (χ0n) is 12.8. The lowest BCUT2D eigenvalue weighted by Gasteiger charge is -2.08. The van der Waals surface area contributed by atoms with Crippen LogP contribution in [0.2, 0.25) is 0 Å². The number of aryl methyl sites for hydroxylation is 1. The normalized spacial score (nSPS) is 11.2. The number of nitrogens with zero attached hydrogens (tertiary/aromatic N) is 1. The van der Waals surface area contributed by atoms with Gasteiger partial charge in [-0.15, -0.1) is 0 Å². The molecule has 0 saturated heterocycles. The second kappa shape index (κ2) is 7.78. The van der Waals surface area contributed by atoms with Crippen molar-refractivity contribution in [2.75, 3.05) is 6.61 Å². The molecule has 1 amide bonds. The minimum absolute atomic E-state index is 0.126. The fraction of sp³-hybridized carbons (Fsp3) is 0.176. The third kappa shape index (κ3) is 5.10. The van der Waals surface area contributed by atoms with E-state index in [-0.39, 0.29) is 18.3 Å². The summed E-state index contributed by atoms with van der Waals surface area (Å²) in [6.45, 7) is 3.52. The molecule has 0 aromatic heterocycles. The smallest absolute Gasteiger partial charge is 0.277 e. The molecule has 0 unspecified atom stereocenters. The maximum Gasteiger partial charge on any atom is 0.277 e. The molecule has 0 bridgehead atoms. The Morgan fingerprint density at radius 3 is 2.78 bits per heavy atom. The van der Waals surface area contributed by atoms with Gasteiger partial charge in [-0.25, -0.2) is 5.43 Å². The number of aromatic hydroxyl groups is 1. The molecule has 0 fully saturated rings. The quantitative estimate of drug-likeness (QED) is 0.620. The summed E-state index contributed by atoms with van der Waals surface area (Å²) in [6.07, 6.45) is 0. The van der Waals surface area contributed by atoms with Crippen molar-refractivity contribution in [3.05, 3.63) is 58.1 Å². The zero-order chi connectivity index (χ0) is 16.8. The lowest BCUT2D eigenvalue weighted by Crippen LogP contribution is -2.25. The third-order valence-electron chi connectivity index (χ3n) is 3.11. The van der Waals surface area contributed by atoms with Crippen LogP contribution in [0.15, 0.2) is 52.0 Å². The number of benzene rings is 2. The lowest BCUT2D eigenvalue weighted by atomic mass is 10.1. The molecule has 0 saturated carbocycles. The van der Waals surface area contributed by atoms with Crippen molar-refractivity contribution in [1.82, 2.24) is 5.43 Å². The molecule has 2 N–H and O–H groups in total. The van der Waals surface area contributed by atoms with Gasteiger partial charge in [0.05, 0.1) is 5.71 Å². The van der Waals surface area contributed by atoms with Crippen molar-refractivity contribution in [2.45, 2.75) is 13.8 Å². The molecule has 2 aromatic rings. The Hall–Kier alpha value is -2.34. The summed E-state index contributed by atoms with van der Waals surface area (Å²) in [7, 11) is 0. The van der Waals surface area contributed by atoms with Crippen LogP contribution in [0.3, 0.4) is 0 Å². The van der Waals surface area contributed by atoms with Crippen LogP contribution in [0.5, 0.6) is 11.5 Å². The molecule has 0 heterocycles. The molecule has 5 nitrogen and oxygen atoms in total. The lowest BCUT2D eigenvalue weighted by molar-refractivity contribution is -0.123. The number of rotatable bonds is 5. The SMILES string of the molecule is C/C(=N/NC(=O)COc1ccc(Br)cc1C)c1cccc(O)c1. The molecule has 2 rings (SSSR count). The van der Waals surface area contributed by atoms with Gasteiger partial charge in [-0.05, 0) is 49.7 Å². The Labute approximate surface area is 143 Å². The number of hydrogen-bond donors (Lipinski definition) is 2. The number of phenols is 1. The van der Waals surface area contributed by atoms with Crippen molar-refractivity contribution in [3.63, 3.8) is 0 Å². The summed E-state index contributed by atoms with van der Waals surface area (Å²) in [6, 6.07) is 12.2. The summed E-state index contributed by atoms with van der Waals surface area (Å²) < 4.78 is 6.43. The maximum absolute atomic E-state index is 11.8. The summed E-state index contributed by atoms with van der Waals surface area (Å²) in [4.78, 5) is 11.8. The van der Waals surface area contributed by atoms with Gasteiger partial charge in [0.25, 0.3) is 5.91 Å². The second-order valence-corrected chi connectivity index (χ2v) is 5.90. The number of carbonyl (C=O) groups excluding carboxylic acids is 1.